The number of allylic oxidation sites excluding steroid dienone is 5. The van der Waals surface area contributed by atoms with E-state index in [1.165, 1.54) is 22.7 Å². The average molecular weight is 371 g/mol. The SMILES string of the molecule is CCC/C(=C\C(C)CCC)SC1=CCC(CC(=O)OCC)C(Cl)=C1. The number of hydrogen-bond donors (Lipinski definition) is 0. The topological polar surface area (TPSA) is 26.3 Å². The van der Waals surface area contributed by atoms with Crippen molar-refractivity contribution in [2.45, 2.75) is 66.2 Å². The van der Waals surface area contributed by atoms with Crippen LogP contribution in [0.4, 0.5) is 0 Å². The van der Waals surface area contributed by atoms with Crippen molar-refractivity contribution in [2.75, 3.05) is 6.61 Å². The van der Waals surface area contributed by atoms with Crippen LogP contribution in [0.25, 0.3) is 0 Å². The number of carbonyl (C=O) groups is 1. The van der Waals surface area contributed by atoms with E-state index < -0.39 is 0 Å². The van der Waals surface area contributed by atoms with Crippen LogP contribution < -0.4 is 0 Å². The lowest BCUT2D eigenvalue weighted by molar-refractivity contribution is -0.143. The Morgan fingerprint density at radius 2 is 2.17 bits per heavy atom. The van der Waals surface area contributed by atoms with E-state index in [2.05, 4.69) is 32.9 Å². The molecule has 0 saturated carbocycles. The lowest BCUT2D eigenvalue weighted by Gasteiger charge is -2.20. The lowest BCUT2D eigenvalue weighted by Crippen LogP contribution is -2.13. The molecular formula is C20H31ClO2S. The summed E-state index contributed by atoms with van der Waals surface area (Å²) in [5.41, 5.74) is 0. The second-order valence-corrected chi connectivity index (χ2v) is 7.96. The summed E-state index contributed by atoms with van der Waals surface area (Å²) < 4.78 is 5.02. The Bertz CT molecular complexity index is 494. The van der Waals surface area contributed by atoms with Crippen molar-refractivity contribution >= 4 is 29.3 Å². The lowest BCUT2D eigenvalue weighted by atomic mass is 9.97. The highest BCUT2D eigenvalue weighted by molar-refractivity contribution is 8.06. The molecule has 1 aliphatic rings. The molecule has 4 heteroatoms. The molecule has 1 aliphatic carbocycles. The van der Waals surface area contributed by atoms with E-state index in [4.69, 9.17) is 16.3 Å². The highest BCUT2D eigenvalue weighted by Crippen LogP contribution is 2.38. The van der Waals surface area contributed by atoms with Gasteiger partial charge in [0.15, 0.2) is 0 Å². The highest BCUT2D eigenvalue weighted by atomic mass is 35.5. The van der Waals surface area contributed by atoms with E-state index in [-0.39, 0.29) is 11.9 Å². The number of carbonyl (C=O) groups excluding carboxylic acids is 1. The number of ether oxygens (including phenoxy) is 1. The van der Waals surface area contributed by atoms with Gasteiger partial charge in [-0.25, -0.2) is 0 Å². The molecule has 0 spiro atoms. The zero-order valence-electron chi connectivity index (χ0n) is 15.4. The number of esters is 1. The van der Waals surface area contributed by atoms with Crippen molar-refractivity contribution < 1.29 is 9.53 Å². The Kier molecular flexibility index (Phi) is 10.5. The standard InChI is InChI=1S/C20H31ClO2S/c1-5-8-15(4)12-17(9-6-2)24-18-11-10-16(19(21)14-18)13-20(22)23-7-3/h11-12,14-16H,5-10,13H2,1-4H3/b17-12+. The maximum Gasteiger partial charge on any atom is 0.306 e. The molecule has 0 aromatic carbocycles. The van der Waals surface area contributed by atoms with Gasteiger partial charge in [-0.1, -0.05) is 69.1 Å². The molecule has 2 nitrogen and oxygen atoms in total. The highest BCUT2D eigenvalue weighted by Gasteiger charge is 2.21. The number of rotatable bonds is 10. The number of hydrogen-bond acceptors (Lipinski definition) is 3. The van der Waals surface area contributed by atoms with Gasteiger partial charge in [-0.3, -0.25) is 4.79 Å². The number of thioether (sulfide) groups is 1. The van der Waals surface area contributed by atoms with Gasteiger partial charge in [0.2, 0.25) is 0 Å². The molecule has 136 valence electrons. The van der Waals surface area contributed by atoms with Crippen LogP contribution in [0, 0.1) is 11.8 Å². The zero-order chi connectivity index (χ0) is 17.9. The monoisotopic (exact) mass is 370 g/mol. The first kappa shape index (κ1) is 21.4. The Morgan fingerprint density at radius 1 is 1.42 bits per heavy atom. The van der Waals surface area contributed by atoms with Crippen molar-refractivity contribution in [2.24, 2.45) is 11.8 Å². The molecule has 0 heterocycles. The van der Waals surface area contributed by atoms with Gasteiger partial charge in [0.05, 0.1) is 13.0 Å². The fourth-order valence-corrected chi connectivity index (χ4v) is 4.40. The molecule has 0 aromatic heterocycles. The molecular weight excluding hydrogens is 340 g/mol. The van der Waals surface area contributed by atoms with Crippen LogP contribution in [-0.4, -0.2) is 12.6 Å². The van der Waals surface area contributed by atoms with Gasteiger partial charge in [-0.2, -0.15) is 0 Å². The van der Waals surface area contributed by atoms with Gasteiger partial charge in [-0.15, -0.1) is 0 Å². The van der Waals surface area contributed by atoms with Crippen LogP contribution >= 0.6 is 23.4 Å². The van der Waals surface area contributed by atoms with Gasteiger partial charge in [0.25, 0.3) is 0 Å². The third-order valence-electron chi connectivity index (χ3n) is 3.95. The van der Waals surface area contributed by atoms with E-state index in [0.717, 1.165) is 24.3 Å². The average Bonchev–Trinajstić information content (AvgIpc) is 2.50. The minimum atomic E-state index is -0.168. The van der Waals surface area contributed by atoms with Gasteiger partial charge < -0.3 is 4.74 Å². The minimum Gasteiger partial charge on any atom is -0.466 e. The summed E-state index contributed by atoms with van der Waals surface area (Å²) in [6.45, 7) is 8.98. The van der Waals surface area contributed by atoms with Crippen molar-refractivity contribution in [1.82, 2.24) is 0 Å². The van der Waals surface area contributed by atoms with Crippen LogP contribution in [0.5, 0.6) is 0 Å². The quantitative estimate of drug-likeness (QED) is 0.394. The first-order valence-corrected chi connectivity index (χ1v) is 10.3. The van der Waals surface area contributed by atoms with E-state index >= 15 is 0 Å². The predicted octanol–water partition coefficient (Wildman–Crippen LogP) is 6.82. The van der Waals surface area contributed by atoms with Crippen LogP contribution in [0.1, 0.15) is 66.2 Å². The summed E-state index contributed by atoms with van der Waals surface area (Å²) in [7, 11) is 0. The fourth-order valence-electron chi connectivity index (χ4n) is 2.78. The van der Waals surface area contributed by atoms with Gasteiger partial charge in [0, 0.05) is 15.9 Å². The molecule has 1 rings (SSSR count). The largest absolute Gasteiger partial charge is 0.466 e. The van der Waals surface area contributed by atoms with E-state index in [1.807, 2.05) is 24.8 Å². The molecule has 2 atom stereocenters. The Morgan fingerprint density at radius 3 is 2.75 bits per heavy atom. The summed E-state index contributed by atoms with van der Waals surface area (Å²) in [4.78, 5) is 14.3. The van der Waals surface area contributed by atoms with Gasteiger partial charge >= 0.3 is 5.97 Å². The maximum absolute atomic E-state index is 11.6. The minimum absolute atomic E-state index is 0.0627. The van der Waals surface area contributed by atoms with Crippen LogP contribution in [0.15, 0.2) is 33.1 Å². The van der Waals surface area contributed by atoms with Crippen molar-refractivity contribution in [3.8, 4) is 0 Å². The first-order valence-electron chi connectivity index (χ1n) is 9.11. The summed E-state index contributed by atoms with van der Waals surface area (Å²) >= 11 is 8.24. The first-order chi connectivity index (χ1) is 11.5. The van der Waals surface area contributed by atoms with Crippen molar-refractivity contribution in [3.05, 3.63) is 33.1 Å². The van der Waals surface area contributed by atoms with Gasteiger partial charge in [-0.05, 0) is 43.1 Å². The molecule has 0 bridgehead atoms. The normalized spacial score (nSPS) is 19.5. The Labute approximate surface area is 156 Å². The molecule has 24 heavy (non-hydrogen) atoms. The molecule has 2 unspecified atom stereocenters. The Balaban J connectivity index is 2.67. The van der Waals surface area contributed by atoms with Crippen LogP contribution in [0.2, 0.25) is 0 Å². The predicted molar refractivity (Wildman–Crippen MR) is 106 cm³/mol. The van der Waals surface area contributed by atoms with E-state index in [9.17, 15) is 4.79 Å². The smallest absolute Gasteiger partial charge is 0.306 e. The molecule has 0 N–H and O–H groups in total. The molecule has 0 amide bonds. The summed E-state index contributed by atoms with van der Waals surface area (Å²) in [6.07, 6.45) is 12.5. The van der Waals surface area contributed by atoms with Crippen molar-refractivity contribution in [3.63, 3.8) is 0 Å². The van der Waals surface area contributed by atoms with Gasteiger partial charge in [0.1, 0.15) is 0 Å². The van der Waals surface area contributed by atoms with E-state index in [0.29, 0.717) is 18.9 Å². The summed E-state index contributed by atoms with van der Waals surface area (Å²) in [6, 6.07) is 0. The second kappa shape index (κ2) is 11.8. The third kappa shape index (κ3) is 7.94. The van der Waals surface area contributed by atoms with Crippen LogP contribution in [0.3, 0.4) is 0 Å². The second-order valence-electron chi connectivity index (χ2n) is 6.33. The molecule has 0 fully saturated rings. The fraction of sp³-hybridized carbons (Fsp3) is 0.650. The summed E-state index contributed by atoms with van der Waals surface area (Å²) in [5.74, 6) is 0.510. The third-order valence-corrected chi connectivity index (χ3v) is 5.49. The zero-order valence-corrected chi connectivity index (χ0v) is 17.0. The molecule has 0 aliphatic heterocycles. The maximum atomic E-state index is 11.6. The van der Waals surface area contributed by atoms with Crippen molar-refractivity contribution in [1.29, 1.82) is 0 Å². The molecule has 0 aromatic rings. The molecule has 0 saturated heterocycles. The van der Waals surface area contributed by atoms with E-state index in [1.54, 1.807) is 0 Å². The molecule has 0 radical (unpaired) electrons. The number of halogens is 1. The Hall–Kier alpha value is -0.670. The summed E-state index contributed by atoms with van der Waals surface area (Å²) in [5, 5.41) is 0.769. The van der Waals surface area contributed by atoms with Crippen LogP contribution in [-0.2, 0) is 9.53 Å².